The van der Waals surface area contributed by atoms with Crippen molar-refractivity contribution in [3.05, 3.63) is 29.8 Å². The van der Waals surface area contributed by atoms with Crippen LogP contribution in [0.15, 0.2) is 29.2 Å². The molecular formula is C18H28N2O4S. The number of rotatable bonds is 11. The van der Waals surface area contributed by atoms with Gasteiger partial charge in [0, 0.05) is 25.6 Å². The van der Waals surface area contributed by atoms with Crippen molar-refractivity contribution in [2.45, 2.75) is 63.0 Å². The Kier molecular flexibility index (Phi) is 7.40. The number of hydrogen-bond donors (Lipinski definition) is 2. The molecule has 0 radical (unpaired) electrons. The Morgan fingerprint density at radius 1 is 1.24 bits per heavy atom. The highest BCUT2D eigenvalue weighted by Crippen LogP contribution is 2.22. The molecule has 2 N–H and O–H groups in total. The predicted molar refractivity (Wildman–Crippen MR) is 96.8 cm³/mol. The Morgan fingerprint density at radius 2 is 1.92 bits per heavy atom. The lowest BCUT2D eigenvalue weighted by molar-refractivity contribution is -0.121. The summed E-state index contributed by atoms with van der Waals surface area (Å²) in [5, 5.41) is 2.87. The third-order valence-corrected chi connectivity index (χ3v) is 5.40. The first-order chi connectivity index (χ1) is 11.9. The summed E-state index contributed by atoms with van der Waals surface area (Å²) in [5.41, 5.74) is 0.948. The minimum Gasteiger partial charge on any atom is -0.379 e. The maximum atomic E-state index is 12.1. The van der Waals surface area contributed by atoms with Gasteiger partial charge in [-0.15, -0.1) is 0 Å². The van der Waals surface area contributed by atoms with Gasteiger partial charge in [0.25, 0.3) is 0 Å². The topological polar surface area (TPSA) is 84.5 Å². The zero-order chi connectivity index (χ0) is 18.3. The highest BCUT2D eigenvalue weighted by atomic mass is 32.2. The molecule has 1 aliphatic rings. The monoisotopic (exact) mass is 368 g/mol. The summed E-state index contributed by atoms with van der Waals surface area (Å²) in [7, 11) is -3.41. The molecule has 0 aromatic heterocycles. The van der Waals surface area contributed by atoms with Crippen LogP contribution in [0.5, 0.6) is 0 Å². The second-order valence-corrected chi connectivity index (χ2v) is 8.38. The van der Waals surface area contributed by atoms with Gasteiger partial charge in [-0.2, -0.15) is 0 Å². The lowest BCUT2D eigenvalue weighted by atomic mass is 10.1. The second kappa shape index (κ2) is 9.31. The Hall–Kier alpha value is -1.44. The molecule has 0 unspecified atom stereocenters. The van der Waals surface area contributed by atoms with Gasteiger partial charge in [-0.1, -0.05) is 12.1 Å². The maximum absolute atomic E-state index is 12.1. The first-order valence-electron chi connectivity index (χ1n) is 8.86. The van der Waals surface area contributed by atoms with Gasteiger partial charge in [0.2, 0.25) is 15.9 Å². The molecule has 7 heteroatoms. The molecule has 0 aliphatic heterocycles. The fraction of sp³-hybridized carbons (Fsp3) is 0.611. The fourth-order valence-corrected chi connectivity index (χ4v) is 3.59. The number of nitrogens with one attached hydrogen (secondary N) is 2. The van der Waals surface area contributed by atoms with Crippen LogP contribution >= 0.6 is 0 Å². The summed E-state index contributed by atoms with van der Waals surface area (Å²) in [6, 6.07) is 6.83. The van der Waals surface area contributed by atoms with Crippen LogP contribution in [-0.2, 0) is 26.0 Å². The van der Waals surface area contributed by atoms with Crippen molar-refractivity contribution < 1.29 is 17.9 Å². The van der Waals surface area contributed by atoms with Crippen molar-refractivity contribution in [3.63, 3.8) is 0 Å². The van der Waals surface area contributed by atoms with E-state index in [-0.39, 0.29) is 22.9 Å². The van der Waals surface area contributed by atoms with Gasteiger partial charge in [0.05, 0.1) is 11.0 Å². The van der Waals surface area contributed by atoms with Crippen molar-refractivity contribution in [3.8, 4) is 0 Å². The number of sulfonamides is 1. The van der Waals surface area contributed by atoms with Gasteiger partial charge in [0.15, 0.2) is 0 Å². The second-order valence-electron chi connectivity index (χ2n) is 6.66. The van der Waals surface area contributed by atoms with E-state index >= 15 is 0 Å². The fourth-order valence-electron chi connectivity index (χ4n) is 2.29. The van der Waals surface area contributed by atoms with E-state index in [2.05, 4.69) is 10.0 Å². The molecule has 1 saturated carbocycles. The molecule has 0 spiro atoms. The molecule has 6 nitrogen and oxygen atoms in total. The largest absolute Gasteiger partial charge is 0.379 e. The van der Waals surface area contributed by atoms with Crippen LogP contribution in [-0.4, -0.2) is 39.6 Å². The molecule has 140 valence electrons. The predicted octanol–water partition coefficient (Wildman–Crippen LogP) is 1.99. The number of amides is 1. The summed E-state index contributed by atoms with van der Waals surface area (Å²) in [6.07, 6.45) is 3.81. The molecule has 25 heavy (non-hydrogen) atoms. The van der Waals surface area contributed by atoms with Crippen LogP contribution < -0.4 is 10.0 Å². The number of carbonyl (C=O) groups excluding carboxylic acids is 1. The van der Waals surface area contributed by atoms with E-state index in [0.29, 0.717) is 26.0 Å². The van der Waals surface area contributed by atoms with Crippen LogP contribution in [0.4, 0.5) is 0 Å². The van der Waals surface area contributed by atoms with E-state index in [1.807, 2.05) is 13.8 Å². The van der Waals surface area contributed by atoms with Crippen molar-refractivity contribution >= 4 is 15.9 Å². The number of ether oxygens (including phenoxy) is 1. The van der Waals surface area contributed by atoms with E-state index in [1.54, 1.807) is 24.3 Å². The number of aryl methyl sites for hydroxylation is 1. The van der Waals surface area contributed by atoms with Crippen LogP contribution in [0.1, 0.15) is 45.1 Å². The third-order valence-electron chi connectivity index (χ3n) is 3.87. The Labute approximate surface area is 150 Å². The van der Waals surface area contributed by atoms with Gasteiger partial charge in [0.1, 0.15) is 0 Å². The number of benzene rings is 1. The molecule has 2 rings (SSSR count). The van der Waals surface area contributed by atoms with Gasteiger partial charge in [-0.3, -0.25) is 4.79 Å². The maximum Gasteiger partial charge on any atom is 0.240 e. The summed E-state index contributed by atoms with van der Waals surface area (Å²) >= 11 is 0. The van der Waals surface area contributed by atoms with Crippen molar-refractivity contribution in [2.24, 2.45) is 0 Å². The van der Waals surface area contributed by atoms with E-state index in [0.717, 1.165) is 24.8 Å². The van der Waals surface area contributed by atoms with E-state index < -0.39 is 10.0 Å². The average molecular weight is 368 g/mol. The standard InChI is InChI=1S/C18H28N2O4S/c1-14(2)24-13-3-12-19-18(21)11-6-15-4-9-17(10-5-15)25(22,23)20-16-7-8-16/h4-5,9-10,14,16,20H,3,6-8,11-13H2,1-2H3,(H,19,21). The molecule has 1 aromatic carbocycles. The minimum absolute atomic E-state index is 0.00311. The van der Waals surface area contributed by atoms with E-state index in [1.165, 1.54) is 0 Å². The van der Waals surface area contributed by atoms with E-state index in [9.17, 15) is 13.2 Å². The molecule has 0 heterocycles. The Morgan fingerprint density at radius 3 is 2.52 bits per heavy atom. The van der Waals surface area contributed by atoms with Gasteiger partial charge in [-0.05, 0) is 57.2 Å². The zero-order valence-electron chi connectivity index (χ0n) is 15.0. The Bertz CT molecular complexity index is 652. The van der Waals surface area contributed by atoms with Gasteiger partial charge in [-0.25, -0.2) is 13.1 Å². The molecule has 0 saturated heterocycles. The van der Waals surface area contributed by atoms with Crippen molar-refractivity contribution in [1.82, 2.24) is 10.0 Å². The number of carbonyl (C=O) groups is 1. The normalized spacial score (nSPS) is 14.7. The van der Waals surface area contributed by atoms with E-state index in [4.69, 9.17) is 4.74 Å². The highest BCUT2D eigenvalue weighted by molar-refractivity contribution is 7.89. The summed E-state index contributed by atoms with van der Waals surface area (Å²) in [4.78, 5) is 12.1. The third kappa shape index (κ3) is 7.54. The smallest absolute Gasteiger partial charge is 0.240 e. The molecule has 0 bridgehead atoms. The van der Waals surface area contributed by atoms with Crippen LogP contribution in [0.25, 0.3) is 0 Å². The van der Waals surface area contributed by atoms with Crippen molar-refractivity contribution in [2.75, 3.05) is 13.2 Å². The Balaban J connectivity index is 1.69. The molecule has 1 fully saturated rings. The first kappa shape index (κ1) is 19.9. The number of hydrogen-bond acceptors (Lipinski definition) is 4. The van der Waals surface area contributed by atoms with Gasteiger partial charge < -0.3 is 10.1 Å². The summed E-state index contributed by atoms with van der Waals surface area (Å²) < 4.78 is 32.2. The average Bonchev–Trinajstić information content (AvgIpc) is 3.36. The first-order valence-corrected chi connectivity index (χ1v) is 10.3. The van der Waals surface area contributed by atoms with Crippen LogP contribution in [0.3, 0.4) is 0 Å². The summed E-state index contributed by atoms with van der Waals surface area (Å²) in [5.74, 6) is -0.00311. The lowest BCUT2D eigenvalue weighted by Crippen LogP contribution is -2.26. The zero-order valence-corrected chi connectivity index (χ0v) is 15.8. The van der Waals surface area contributed by atoms with Crippen LogP contribution in [0, 0.1) is 0 Å². The lowest BCUT2D eigenvalue weighted by Gasteiger charge is -2.09. The summed E-state index contributed by atoms with van der Waals surface area (Å²) in [6.45, 7) is 5.21. The van der Waals surface area contributed by atoms with Crippen molar-refractivity contribution in [1.29, 1.82) is 0 Å². The molecule has 1 amide bonds. The minimum atomic E-state index is -3.41. The molecule has 0 atom stereocenters. The SMILES string of the molecule is CC(C)OCCCNC(=O)CCc1ccc(S(=O)(=O)NC2CC2)cc1. The molecular weight excluding hydrogens is 340 g/mol. The molecule has 1 aliphatic carbocycles. The van der Waals surface area contributed by atoms with Crippen LogP contribution in [0.2, 0.25) is 0 Å². The quantitative estimate of drug-likeness (QED) is 0.585. The molecule has 1 aromatic rings. The van der Waals surface area contributed by atoms with Gasteiger partial charge >= 0.3 is 0 Å². The highest BCUT2D eigenvalue weighted by Gasteiger charge is 2.27.